The van der Waals surface area contributed by atoms with Gasteiger partial charge in [-0.25, -0.2) is 0 Å². The fourth-order valence-electron chi connectivity index (χ4n) is 1.30. The van der Waals surface area contributed by atoms with E-state index in [0.29, 0.717) is 12.2 Å². The van der Waals surface area contributed by atoms with Crippen LogP contribution in [0.1, 0.15) is 5.56 Å². The highest BCUT2D eigenvalue weighted by molar-refractivity contribution is 9.10. The van der Waals surface area contributed by atoms with Crippen molar-refractivity contribution in [3.63, 3.8) is 0 Å². The Balaban J connectivity index is 2.37. The van der Waals surface area contributed by atoms with Crippen molar-refractivity contribution in [1.29, 1.82) is 5.41 Å². The molecule has 1 heterocycles. The van der Waals surface area contributed by atoms with Crippen LogP contribution < -0.4 is 15.2 Å². The third kappa shape index (κ3) is 1.68. The van der Waals surface area contributed by atoms with Gasteiger partial charge in [0.25, 0.3) is 0 Å². The number of amidine groups is 1. The van der Waals surface area contributed by atoms with E-state index in [4.69, 9.17) is 20.6 Å². The molecule has 4 nitrogen and oxygen atoms in total. The minimum Gasteiger partial charge on any atom is -0.454 e. The van der Waals surface area contributed by atoms with Gasteiger partial charge in [0.2, 0.25) is 6.79 Å². The van der Waals surface area contributed by atoms with Gasteiger partial charge in [-0.15, -0.1) is 0 Å². The van der Waals surface area contributed by atoms with Gasteiger partial charge in [-0.3, -0.25) is 5.41 Å². The minimum atomic E-state index is 0.129. The molecule has 0 radical (unpaired) electrons. The molecule has 0 bridgehead atoms. The van der Waals surface area contributed by atoms with Crippen LogP contribution >= 0.6 is 15.9 Å². The first-order valence-electron chi connectivity index (χ1n) is 4.08. The lowest BCUT2D eigenvalue weighted by atomic mass is 10.1. The molecule has 3 N–H and O–H groups in total. The summed E-state index contributed by atoms with van der Waals surface area (Å²) >= 11 is 3.39. The number of hydrogen-bond acceptors (Lipinski definition) is 3. The summed E-state index contributed by atoms with van der Waals surface area (Å²) in [4.78, 5) is 0. The molecule has 0 saturated carbocycles. The lowest BCUT2D eigenvalue weighted by Crippen LogP contribution is -2.12. The molecular weight excluding hydrogens is 248 g/mol. The Morgan fingerprint density at radius 3 is 2.71 bits per heavy atom. The molecule has 0 saturated heterocycles. The van der Waals surface area contributed by atoms with E-state index < -0.39 is 0 Å². The van der Waals surface area contributed by atoms with Gasteiger partial charge in [0, 0.05) is 10.9 Å². The summed E-state index contributed by atoms with van der Waals surface area (Å²) < 4.78 is 11.3. The Bertz CT molecular complexity index is 393. The number of rotatable bonds is 2. The number of nitrogens with one attached hydrogen (secondary N) is 1. The van der Waals surface area contributed by atoms with Gasteiger partial charge in [-0.2, -0.15) is 0 Å². The maximum Gasteiger partial charge on any atom is 0.231 e. The van der Waals surface area contributed by atoms with Crippen molar-refractivity contribution >= 4 is 21.8 Å². The van der Waals surface area contributed by atoms with Crippen molar-refractivity contribution < 1.29 is 9.47 Å². The van der Waals surface area contributed by atoms with Crippen molar-refractivity contribution in [3.05, 3.63) is 22.2 Å². The Kier molecular flexibility index (Phi) is 2.33. The van der Waals surface area contributed by atoms with Gasteiger partial charge in [-0.05, 0) is 17.7 Å². The molecule has 0 spiro atoms. The van der Waals surface area contributed by atoms with E-state index >= 15 is 0 Å². The fraction of sp³-hybridized carbons (Fsp3) is 0.222. The van der Waals surface area contributed by atoms with Crippen LogP contribution in [0.2, 0.25) is 0 Å². The van der Waals surface area contributed by atoms with Crippen molar-refractivity contribution in [1.82, 2.24) is 0 Å². The first kappa shape index (κ1) is 9.33. The van der Waals surface area contributed by atoms with Crippen LogP contribution in [0, 0.1) is 5.41 Å². The molecule has 0 aliphatic carbocycles. The predicted octanol–water partition coefficient (Wildman–Crippen LogP) is 1.66. The third-order valence-corrected chi connectivity index (χ3v) is 2.66. The maximum atomic E-state index is 7.21. The summed E-state index contributed by atoms with van der Waals surface area (Å²) in [5.74, 6) is 1.57. The zero-order valence-electron chi connectivity index (χ0n) is 7.34. The topological polar surface area (TPSA) is 68.3 Å². The van der Waals surface area contributed by atoms with Gasteiger partial charge in [0.05, 0.1) is 5.84 Å². The Morgan fingerprint density at radius 1 is 1.43 bits per heavy atom. The van der Waals surface area contributed by atoms with Gasteiger partial charge in [0.1, 0.15) is 0 Å². The Hall–Kier alpha value is -1.23. The summed E-state index contributed by atoms with van der Waals surface area (Å²) in [5, 5.41) is 7.21. The molecule has 5 heteroatoms. The van der Waals surface area contributed by atoms with E-state index in [-0.39, 0.29) is 12.6 Å². The van der Waals surface area contributed by atoms with Crippen LogP contribution in [0.4, 0.5) is 0 Å². The minimum absolute atomic E-state index is 0.129. The molecule has 1 aromatic carbocycles. The molecule has 0 unspecified atom stereocenters. The van der Waals surface area contributed by atoms with E-state index in [1.807, 2.05) is 12.1 Å². The lowest BCUT2D eigenvalue weighted by molar-refractivity contribution is 0.174. The monoisotopic (exact) mass is 256 g/mol. The molecule has 2 rings (SSSR count). The molecule has 1 aliphatic rings. The van der Waals surface area contributed by atoms with E-state index in [9.17, 15) is 0 Å². The molecule has 0 aromatic heterocycles. The first-order chi connectivity index (χ1) is 6.66. The molecule has 14 heavy (non-hydrogen) atoms. The molecule has 74 valence electrons. The van der Waals surface area contributed by atoms with E-state index in [2.05, 4.69) is 15.9 Å². The van der Waals surface area contributed by atoms with Crippen molar-refractivity contribution in [3.8, 4) is 11.5 Å². The van der Waals surface area contributed by atoms with Crippen LogP contribution in [0.3, 0.4) is 0 Å². The van der Waals surface area contributed by atoms with Crippen LogP contribution in [-0.2, 0) is 6.42 Å². The largest absolute Gasteiger partial charge is 0.454 e. The standard InChI is InChI=1S/C9H9BrN2O2/c10-6-3-8-7(13-4-14-8)1-5(6)2-9(11)12/h1,3H,2,4H2,(H3,11,12). The SMILES string of the molecule is N=C(N)Cc1cc2c(cc1Br)OCO2. The number of benzene rings is 1. The van der Waals surface area contributed by atoms with Crippen molar-refractivity contribution in [2.24, 2.45) is 5.73 Å². The van der Waals surface area contributed by atoms with Gasteiger partial charge < -0.3 is 15.2 Å². The number of hydrogen-bond donors (Lipinski definition) is 2. The highest BCUT2D eigenvalue weighted by Gasteiger charge is 2.16. The predicted molar refractivity (Wildman–Crippen MR) is 55.9 cm³/mol. The molecule has 1 aromatic rings. The smallest absolute Gasteiger partial charge is 0.231 e. The quantitative estimate of drug-likeness (QED) is 0.625. The van der Waals surface area contributed by atoms with E-state index in [1.54, 1.807) is 0 Å². The number of ether oxygens (including phenoxy) is 2. The van der Waals surface area contributed by atoms with Crippen molar-refractivity contribution in [2.75, 3.05) is 6.79 Å². The summed E-state index contributed by atoms with van der Waals surface area (Å²) in [6.45, 7) is 0.255. The van der Waals surface area contributed by atoms with Gasteiger partial charge in [-0.1, -0.05) is 15.9 Å². The Morgan fingerprint density at radius 2 is 2.07 bits per heavy atom. The average Bonchev–Trinajstić information content (AvgIpc) is 2.51. The average molecular weight is 257 g/mol. The Labute approximate surface area is 89.6 Å². The zero-order valence-corrected chi connectivity index (χ0v) is 8.93. The molecule has 0 atom stereocenters. The molecule has 0 amide bonds. The van der Waals surface area contributed by atoms with Gasteiger partial charge in [0.15, 0.2) is 11.5 Å². The first-order valence-corrected chi connectivity index (χ1v) is 4.87. The highest BCUT2D eigenvalue weighted by Crippen LogP contribution is 2.36. The second-order valence-corrected chi connectivity index (χ2v) is 3.85. The van der Waals surface area contributed by atoms with Crippen LogP contribution in [-0.4, -0.2) is 12.6 Å². The highest BCUT2D eigenvalue weighted by atomic mass is 79.9. The zero-order chi connectivity index (χ0) is 10.1. The second-order valence-electron chi connectivity index (χ2n) is 3.00. The molecular formula is C9H9BrN2O2. The van der Waals surface area contributed by atoms with Crippen LogP contribution in [0.5, 0.6) is 11.5 Å². The summed E-state index contributed by atoms with van der Waals surface area (Å²) in [5.41, 5.74) is 6.26. The molecule has 1 aliphatic heterocycles. The summed E-state index contributed by atoms with van der Waals surface area (Å²) in [6, 6.07) is 3.68. The van der Waals surface area contributed by atoms with Crippen molar-refractivity contribution in [2.45, 2.75) is 6.42 Å². The summed E-state index contributed by atoms with van der Waals surface area (Å²) in [7, 11) is 0. The lowest BCUT2D eigenvalue weighted by Gasteiger charge is -2.04. The third-order valence-electron chi connectivity index (χ3n) is 1.92. The normalized spacial score (nSPS) is 12.9. The fourth-order valence-corrected chi connectivity index (χ4v) is 1.76. The maximum absolute atomic E-state index is 7.21. The molecule has 0 fully saturated rings. The van der Waals surface area contributed by atoms with Crippen LogP contribution in [0.15, 0.2) is 16.6 Å². The number of nitrogens with two attached hydrogens (primary N) is 1. The number of halogens is 1. The summed E-state index contributed by atoms with van der Waals surface area (Å²) in [6.07, 6.45) is 0.414. The van der Waals surface area contributed by atoms with E-state index in [1.165, 1.54) is 0 Å². The second kappa shape index (κ2) is 3.49. The van der Waals surface area contributed by atoms with E-state index in [0.717, 1.165) is 15.8 Å². The van der Waals surface area contributed by atoms with Crippen LogP contribution in [0.25, 0.3) is 0 Å². The van der Waals surface area contributed by atoms with Gasteiger partial charge >= 0.3 is 0 Å². The number of fused-ring (bicyclic) bond motifs is 1.